The van der Waals surface area contributed by atoms with E-state index in [1.54, 1.807) is 12.4 Å². The lowest BCUT2D eigenvalue weighted by molar-refractivity contribution is 0.704. The van der Waals surface area contributed by atoms with Crippen LogP contribution in [0.2, 0.25) is 5.02 Å². The molecule has 3 heterocycles. The molecule has 1 N–H and O–H groups in total. The van der Waals surface area contributed by atoms with Crippen molar-refractivity contribution in [1.82, 2.24) is 19.5 Å². The molecular weight excluding hydrogens is 346 g/mol. The number of aromatic nitrogens is 4. The Morgan fingerprint density at radius 2 is 1.92 bits per heavy atom. The summed E-state index contributed by atoms with van der Waals surface area (Å²) >= 11 is 6.48. The Bertz CT molecular complexity index is 1040. The number of aryl methyl sites for hydroxylation is 1. The van der Waals surface area contributed by atoms with E-state index in [4.69, 9.17) is 16.6 Å². The number of hydrogen-bond donors (Lipinski definition) is 1. The molecule has 0 amide bonds. The summed E-state index contributed by atoms with van der Waals surface area (Å²) in [6.45, 7) is 3.05. The van der Waals surface area contributed by atoms with Crippen molar-refractivity contribution >= 4 is 34.1 Å². The number of para-hydroxylation sites is 2. The van der Waals surface area contributed by atoms with Crippen LogP contribution in [0.4, 0.5) is 11.5 Å². The average molecular weight is 364 g/mol. The van der Waals surface area contributed by atoms with Crippen molar-refractivity contribution in [2.45, 2.75) is 19.9 Å². The van der Waals surface area contributed by atoms with Crippen molar-refractivity contribution in [3.8, 4) is 11.4 Å². The second kappa shape index (κ2) is 7.14. The molecule has 1 aromatic carbocycles. The summed E-state index contributed by atoms with van der Waals surface area (Å²) in [5.74, 6) is 1.50. The summed E-state index contributed by atoms with van der Waals surface area (Å²) in [5, 5.41) is 3.76. The molecular formula is C20H18ClN5. The second-order valence-electron chi connectivity index (χ2n) is 5.99. The summed E-state index contributed by atoms with van der Waals surface area (Å²) in [4.78, 5) is 13.3. The topological polar surface area (TPSA) is 55.6 Å². The molecule has 3 aromatic heterocycles. The zero-order chi connectivity index (χ0) is 17.9. The molecule has 0 fully saturated rings. The minimum atomic E-state index is 0.550. The van der Waals surface area contributed by atoms with E-state index in [0.29, 0.717) is 10.8 Å². The molecule has 0 aliphatic rings. The lowest BCUT2D eigenvalue weighted by atomic mass is 10.2. The lowest BCUT2D eigenvalue weighted by Gasteiger charge is -2.10. The predicted molar refractivity (Wildman–Crippen MR) is 106 cm³/mol. The Morgan fingerprint density at radius 1 is 1.12 bits per heavy atom. The van der Waals surface area contributed by atoms with Crippen molar-refractivity contribution in [3.05, 3.63) is 66.1 Å². The monoisotopic (exact) mass is 363 g/mol. The van der Waals surface area contributed by atoms with Crippen molar-refractivity contribution < 1.29 is 0 Å². The zero-order valence-electron chi connectivity index (χ0n) is 14.4. The summed E-state index contributed by atoms with van der Waals surface area (Å²) in [6, 6.07) is 13.8. The molecule has 0 saturated carbocycles. The standard InChI is InChI=1S/C20H18ClN5/c1-2-11-26-18-6-4-3-5-17(18)25-20(26)14-12-16(21)19(23-13-14)24-15-7-9-22-10-8-15/h3-10,12-13H,2,11H2,1H3,(H,22,23,24). The van der Waals surface area contributed by atoms with Gasteiger partial charge in [0.25, 0.3) is 0 Å². The first kappa shape index (κ1) is 16.5. The minimum Gasteiger partial charge on any atom is -0.339 e. The van der Waals surface area contributed by atoms with Gasteiger partial charge in [0.2, 0.25) is 0 Å². The molecule has 0 aliphatic carbocycles. The molecule has 0 bridgehead atoms. The molecule has 0 atom stereocenters. The van der Waals surface area contributed by atoms with Gasteiger partial charge in [0.15, 0.2) is 0 Å². The Kier molecular flexibility index (Phi) is 4.54. The molecule has 0 saturated heterocycles. The Hall–Kier alpha value is -2.92. The first-order valence-electron chi connectivity index (χ1n) is 8.54. The molecule has 0 aliphatic heterocycles. The maximum Gasteiger partial charge on any atom is 0.149 e. The van der Waals surface area contributed by atoms with Gasteiger partial charge in [-0.3, -0.25) is 4.98 Å². The van der Waals surface area contributed by atoms with Gasteiger partial charge in [-0.15, -0.1) is 0 Å². The van der Waals surface area contributed by atoms with E-state index < -0.39 is 0 Å². The van der Waals surface area contributed by atoms with Crippen LogP contribution in [0.15, 0.2) is 61.1 Å². The van der Waals surface area contributed by atoms with Crippen molar-refractivity contribution in [3.63, 3.8) is 0 Å². The van der Waals surface area contributed by atoms with Gasteiger partial charge in [0.1, 0.15) is 11.6 Å². The highest BCUT2D eigenvalue weighted by atomic mass is 35.5. The molecule has 5 nitrogen and oxygen atoms in total. The number of nitrogens with zero attached hydrogens (tertiary/aromatic N) is 4. The van der Waals surface area contributed by atoms with Crippen LogP contribution >= 0.6 is 11.6 Å². The number of halogens is 1. The van der Waals surface area contributed by atoms with Crippen LogP contribution in [0.25, 0.3) is 22.4 Å². The molecule has 130 valence electrons. The van der Waals surface area contributed by atoms with Crippen LogP contribution in [0.1, 0.15) is 13.3 Å². The quantitative estimate of drug-likeness (QED) is 0.522. The van der Waals surface area contributed by atoms with E-state index in [2.05, 4.69) is 32.8 Å². The van der Waals surface area contributed by atoms with Crippen LogP contribution in [0, 0.1) is 0 Å². The van der Waals surface area contributed by atoms with Crippen LogP contribution in [0.5, 0.6) is 0 Å². The molecule has 4 rings (SSSR count). The van der Waals surface area contributed by atoms with Gasteiger partial charge in [0, 0.05) is 36.4 Å². The fraction of sp³-hybridized carbons (Fsp3) is 0.150. The first-order valence-corrected chi connectivity index (χ1v) is 8.92. The van der Waals surface area contributed by atoms with Gasteiger partial charge in [0.05, 0.1) is 16.1 Å². The largest absolute Gasteiger partial charge is 0.339 e. The van der Waals surface area contributed by atoms with Crippen LogP contribution < -0.4 is 5.32 Å². The maximum absolute atomic E-state index is 6.48. The van der Waals surface area contributed by atoms with E-state index in [1.165, 1.54) is 0 Å². The van der Waals surface area contributed by atoms with Gasteiger partial charge in [-0.2, -0.15) is 0 Å². The van der Waals surface area contributed by atoms with E-state index in [-0.39, 0.29) is 0 Å². The smallest absolute Gasteiger partial charge is 0.149 e. The van der Waals surface area contributed by atoms with E-state index in [9.17, 15) is 0 Å². The van der Waals surface area contributed by atoms with Crippen LogP contribution in [-0.4, -0.2) is 19.5 Å². The normalized spacial score (nSPS) is 11.0. The number of nitrogens with one attached hydrogen (secondary N) is 1. The van der Waals surface area contributed by atoms with Crippen molar-refractivity contribution in [2.24, 2.45) is 0 Å². The Balaban J connectivity index is 1.73. The van der Waals surface area contributed by atoms with Crippen molar-refractivity contribution in [1.29, 1.82) is 0 Å². The van der Waals surface area contributed by atoms with E-state index >= 15 is 0 Å². The van der Waals surface area contributed by atoms with Gasteiger partial charge in [-0.05, 0) is 36.8 Å². The predicted octanol–water partition coefficient (Wildman–Crippen LogP) is 5.30. The second-order valence-corrected chi connectivity index (χ2v) is 6.40. The van der Waals surface area contributed by atoms with E-state index in [0.717, 1.165) is 41.1 Å². The Morgan fingerprint density at radius 3 is 2.69 bits per heavy atom. The molecule has 26 heavy (non-hydrogen) atoms. The number of hydrogen-bond acceptors (Lipinski definition) is 4. The fourth-order valence-corrected chi connectivity index (χ4v) is 3.18. The highest BCUT2D eigenvalue weighted by Gasteiger charge is 2.14. The maximum atomic E-state index is 6.48. The van der Waals surface area contributed by atoms with Gasteiger partial charge in [-0.25, -0.2) is 9.97 Å². The molecule has 4 aromatic rings. The number of benzene rings is 1. The highest BCUT2D eigenvalue weighted by molar-refractivity contribution is 6.33. The summed E-state index contributed by atoms with van der Waals surface area (Å²) in [5.41, 5.74) is 3.89. The molecule has 6 heteroatoms. The third-order valence-corrected chi connectivity index (χ3v) is 4.43. The summed E-state index contributed by atoms with van der Waals surface area (Å²) in [7, 11) is 0. The minimum absolute atomic E-state index is 0.550. The zero-order valence-corrected chi connectivity index (χ0v) is 15.1. The highest BCUT2D eigenvalue weighted by Crippen LogP contribution is 2.30. The number of fused-ring (bicyclic) bond motifs is 1. The van der Waals surface area contributed by atoms with Gasteiger partial charge >= 0.3 is 0 Å². The molecule has 0 spiro atoms. The SMILES string of the molecule is CCCn1c(-c2cnc(Nc3ccncc3)c(Cl)c2)nc2ccccc21. The number of anilines is 2. The number of pyridine rings is 2. The number of rotatable bonds is 5. The van der Waals surface area contributed by atoms with Gasteiger partial charge in [-0.1, -0.05) is 30.7 Å². The third kappa shape index (κ3) is 3.13. The van der Waals surface area contributed by atoms with Crippen LogP contribution in [0.3, 0.4) is 0 Å². The number of imidazole rings is 1. The summed E-state index contributed by atoms with van der Waals surface area (Å²) < 4.78 is 2.22. The summed E-state index contributed by atoms with van der Waals surface area (Å²) in [6.07, 6.45) is 6.27. The van der Waals surface area contributed by atoms with Gasteiger partial charge < -0.3 is 9.88 Å². The third-order valence-electron chi connectivity index (χ3n) is 4.14. The fourth-order valence-electron chi connectivity index (χ4n) is 2.97. The average Bonchev–Trinajstić information content (AvgIpc) is 3.03. The molecule has 0 radical (unpaired) electrons. The first-order chi connectivity index (χ1) is 12.8. The molecule has 0 unspecified atom stereocenters. The van der Waals surface area contributed by atoms with E-state index in [1.807, 2.05) is 42.6 Å². The Labute approximate surface area is 156 Å². The van der Waals surface area contributed by atoms with Crippen LogP contribution in [-0.2, 0) is 6.54 Å². The lowest BCUT2D eigenvalue weighted by Crippen LogP contribution is -2.01. The van der Waals surface area contributed by atoms with Crippen molar-refractivity contribution in [2.75, 3.05) is 5.32 Å².